The summed E-state index contributed by atoms with van der Waals surface area (Å²) in [6, 6.07) is 4.22. The number of ether oxygens (including phenoxy) is 1. The Morgan fingerprint density at radius 2 is 1.91 bits per heavy atom. The Morgan fingerprint density at radius 3 is 2.48 bits per heavy atom. The highest BCUT2D eigenvalue weighted by atomic mass is 35.5. The van der Waals surface area contributed by atoms with Gasteiger partial charge in [-0.1, -0.05) is 11.6 Å². The number of likely N-dealkylation sites (tertiary alicyclic amines) is 1. The third kappa shape index (κ3) is 4.37. The molecular formula is C15H21ClN2O4S. The molecule has 1 aromatic carbocycles. The lowest BCUT2D eigenvalue weighted by molar-refractivity contribution is -0.134. The summed E-state index contributed by atoms with van der Waals surface area (Å²) in [4.78, 5) is 13.9. The normalized spacial score (nSPS) is 15.7. The van der Waals surface area contributed by atoms with Gasteiger partial charge in [-0.25, -0.2) is 12.7 Å². The van der Waals surface area contributed by atoms with Gasteiger partial charge in [-0.2, -0.15) is 0 Å². The number of rotatable bonds is 5. The lowest BCUT2D eigenvalue weighted by atomic mass is 10.1. The van der Waals surface area contributed by atoms with Crippen LogP contribution in [0.4, 0.5) is 0 Å². The average molecular weight is 361 g/mol. The molecule has 23 heavy (non-hydrogen) atoms. The fraction of sp³-hybridized carbons (Fsp3) is 0.533. The summed E-state index contributed by atoms with van der Waals surface area (Å²) >= 11 is 6.08. The van der Waals surface area contributed by atoms with Crippen molar-refractivity contribution >= 4 is 27.5 Å². The van der Waals surface area contributed by atoms with E-state index in [1.54, 1.807) is 4.90 Å². The maximum Gasteiger partial charge on any atom is 0.260 e. The fourth-order valence-electron chi connectivity index (χ4n) is 2.34. The first kappa shape index (κ1) is 18.0. The molecule has 128 valence electrons. The summed E-state index contributed by atoms with van der Waals surface area (Å²) in [6.07, 6.45) is 3.19. The Hall–Kier alpha value is -1.31. The van der Waals surface area contributed by atoms with Crippen molar-refractivity contribution in [2.75, 3.05) is 33.8 Å². The molecule has 0 spiro atoms. The Balaban J connectivity index is 2.03. The molecule has 0 saturated carbocycles. The molecule has 0 aliphatic carbocycles. The first-order valence-electron chi connectivity index (χ1n) is 7.45. The van der Waals surface area contributed by atoms with E-state index in [2.05, 4.69) is 0 Å². The highest BCUT2D eigenvalue weighted by Crippen LogP contribution is 2.28. The zero-order valence-corrected chi connectivity index (χ0v) is 14.9. The highest BCUT2D eigenvalue weighted by Gasteiger charge is 2.20. The van der Waals surface area contributed by atoms with Crippen molar-refractivity contribution in [2.24, 2.45) is 0 Å². The van der Waals surface area contributed by atoms with E-state index in [-0.39, 0.29) is 22.4 Å². The van der Waals surface area contributed by atoms with Crippen LogP contribution in [0.2, 0.25) is 5.02 Å². The number of halogens is 1. The molecule has 0 bridgehead atoms. The van der Waals surface area contributed by atoms with Crippen LogP contribution in [0.25, 0.3) is 0 Å². The molecule has 2 rings (SSSR count). The summed E-state index contributed by atoms with van der Waals surface area (Å²) in [7, 11) is -0.648. The lowest BCUT2D eigenvalue weighted by Crippen LogP contribution is -2.38. The van der Waals surface area contributed by atoms with Gasteiger partial charge in [0.05, 0.1) is 9.92 Å². The number of benzene rings is 1. The molecule has 0 unspecified atom stereocenters. The largest absolute Gasteiger partial charge is 0.482 e. The first-order valence-corrected chi connectivity index (χ1v) is 9.27. The van der Waals surface area contributed by atoms with Crippen LogP contribution in [0.5, 0.6) is 5.75 Å². The molecule has 1 saturated heterocycles. The third-order valence-electron chi connectivity index (χ3n) is 3.74. The quantitative estimate of drug-likeness (QED) is 0.805. The van der Waals surface area contributed by atoms with Crippen LogP contribution in [0.15, 0.2) is 23.1 Å². The van der Waals surface area contributed by atoms with Crippen molar-refractivity contribution in [1.82, 2.24) is 9.21 Å². The highest BCUT2D eigenvalue weighted by molar-refractivity contribution is 7.89. The number of nitrogens with zero attached hydrogens (tertiary/aromatic N) is 2. The number of hydrogen-bond donors (Lipinski definition) is 0. The second kappa shape index (κ2) is 7.51. The van der Waals surface area contributed by atoms with E-state index in [4.69, 9.17) is 16.3 Å². The summed E-state index contributed by atoms with van der Waals surface area (Å²) in [5, 5.41) is 0.166. The van der Waals surface area contributed by atoms with Crippen molar-refractivity contribution in [2.45, 2.75) is 24.2 Å². The minimum Gasteiger partial charge on any atom is -0.482 e. The smallest absolute Gasteiger partial charge is 0.260 e. The van der Waals surface area contributed by atoms with Gasteiger partial charge in [0.25, 0.3) is 5.91 Å². The molecular weight excluding hydrogens is 340 g/mol. The van der Waals surface area contributed by atoms with Gasteiger partial charge in [0.1, 0.15) is 5.75 Å². The van der Waals surface area contributed by atoms with Crippen molar-refractivity contribution in [3.63, 3.8) is 0 Å². The van der Waals surface area contributed by atoms with Crippen LogP contribution in [0.1, 0.15) is 19.3 Å². The Kier molecular flexibility index (Phi) is 5.89. The molecule has 6 nitrogen and oxygen atoms in total. The van der Waals surface area contributed by atoms with E-state index in [0.29, 0.717) is 5.75 Å². The van der Waals surface area contributed by atoms with E-state index in [9.17, 15) is 13.2 Å². The molecule has 1 aliphatic heterocycles. The van der Waals surface area contributed by atoms with Crippen LogP contribution in [-0.4, -0.2) is 57.3 Å². The summed E-state index contributed by atoms with van der Waals surface area (Å²) in [5.74, 6) is 0.223. The first-order chi connectivity index (χ1) is 10.8. The second-order valence-electron chi connectivity index (χ2n) is 5.61. The van der Waals surface area contributed by atoms with Crippen molar-refractivity contribution in [1.29, 1.82) is 0 Å². The molecule has 0 N–H and O–H groups in total. The van der Waals surface area contributed by atoms with Gasteiger partial charge in [-0.15, -0.1) is 0 Å². The van der Waals surface area contributed by atoms with Crippen molar-refractivity contribution in [3.05, 3.63) is 23.2 Å². The van der Waals surface area contributed by atoms with Gasteiger partial charge in [0, 0.05) is 27.2 Å². The standard InChI is InChI=1S/C15H21ClN2O4S/c1-17(2)23(20,21)12-6-7-14(13(16)10-12)22-11-15(19)18-8-4-3-5-9-18/h6-7,10H,3-5,8-9,11H2,1-2H3. The molecule has 0 radical (unpaired) electrons. The fourth-order valence-corrected chi connectivity index (χ4v) is 3.57. The minimum absolute atomic E-state index is 0.0780. The molecule has 8 heteroatoms. The van der Waals surface area contributed by atoms with E-state index in [1.807, 2.05) is 0 Å². The van der Waals surface area contributed by atoms with Crippen molar-refractivity contribution in [3.8, 4) is 5.75 Å². The van der Waals surface area contributed by atoms with Crippen LogP contribution in [0.3, 0.4) is 0 Å². The van der Waals surface area contributed by atoms with E-state index >= 15 is 0 Å². The van der Waals surface area contributed by atoms with Crippen LogP contribution >= 0.6 is 11.6 Å². The number of carbonyl (C=O) groups is 1. The molecule has 1 aliphatic rings. The van der Waals surface area contributed by atoms with Crippen molar-refractivity contribution < 1.29 is 17.9 Å². The van der Waals surface area contributed by atoms with Gasteiger partial charge in [0.15, 0.2) is 6.61 Å². The Labute approximate surface area is 142 Å². The van der Waals surface area contributed by atoms with E-state index in [0.717, 1.165) is 36.7 Å². The molecule has 0 aromatic heterocycles. The molecule has 1 amide bonds. The molecule has 1 fully saturated rings. The Bertz CT molecular complexity index is 670. The number of piperidine rings is 1. The number of amides is 1. The maximum atomic E-state index is 12.1. The number of sulfonamides is 1. The molecule has 0 atom stereocenters. The molecule has 1 aromatic rings. The zero-order valence-electron chi connectivity index (χ0n) is 13.3. The lowest BCUT2D eigenvalue weighted by Gasteiger charge is -2.26. The monoisotopic (exact) mass is 360 g/mol. The van der Waals surface area contributed by atoms with Crippen LogP contribution in [0, 0.1) is 0 Å². The zero-order chi connectivity index (χ0) is 17.0. The van der Waals surface area contributed by atoms with E-state index in [1.165, 1.54) is 32.3 Å². The topological polar surface area (TPSA) is 66.9 Å². The number of hydrogen-bond acceptors (Lipinski definition) is 4. The van der Waals surface area contributed by atoms with Gasteiger partial charge in [0.2, 0.25) is 10.0 Å². The van der Waals surface area contributed by atoms with Gasteiger partial charge >= 0.3 is 0 Å². The molecule has 1 heterocycles. The number of carbonyl (C=O) groups excluding carboxylic acids is 1. The Morgan fingerprint density at radius 1 is 1.26 bits per heavy atom. The van der Waals surface area contributed by atoms with Gasteiger partial charge in [-0.3, -0.25) is 4.79 Å². The van der Waals surface area contributed by atoms with E-state index < -0.39 is 10.0 Å². The van der Waals surface area contributed by atoms with Gasteiger partial charge in [-0.05, 0) is 37.5 Å². The minimum atomic E-state index is -3.55. The summed E-state index contributed by atoms with van der Waals surface area (Å²) < 4.78 is 30.6. The predicted molar refractivity (Wildman–Crippen MR) is 88.3 cm³/mol. The predicted octanol–water partition coefficient (Wildman–Crippen LogP) is 1.98. The summed E-state index contributed by atoms with van der Waals surface area (Å²) in [5.41, 5.74) is 0. The second-order valence-corrected chi connectivity index (χ2v) is 8.17. The van der Waals surface area contributed by atoms with Crippen LogP contribution < -0.4 is 4.74 Å². The SMILES string of the molecule is CN(C)S(=O)(=O)c1ccc(OCC(=O)N2CCCCC2)c(Cl)c1. The van der Waals surface area contributed by atoms with Gasteiger partial charge < -0.3 is 9.64 Å². The third-order valence-corrected chi connectivity index (χ3v) is 5.85. The van der Waals surface area contributed by atoms with Crippen LogP contribution in [-0.2, 0) is 14.8 Å². The average Bonchev–Trinajstić information content (AvgIpc) is 2.54. The maximum absolute atomic E-state index is 12.1. The summed E-state index contributed by atoms with van der Waals surface area (Å²) in [6.45, 7) is 1.42.